The van der Waals surface area contributed by atoms with Crippen molar-refractivity contribution in [2.45, 2.75) is 0 Å². The van der Waals surface area contributed by atoms with Gasteiger partial charge in [0.2, 0.25) is 0 Å². The third-order valence-electron chi connectivity index (χ3n) is 3.59. The highest BCUT2D eigenvalue weighted by Crippen LogP contribution is 2.26. The molecule has 0 radical (unpaired) electrons. The normalized spacial score (nSPS) is 10.4. The van der Waals surface area contributed by atoms with Crippen LogP contribution in [-0.4, -0.2) is 26.0 Å². The maximum Gasteiger partial charge on any atom is 0.283 e. The van der Waals surface area contributed by atoms with Crippen LogP contribution in [0.25, 0.3) is 11.3 Å². The van der Waals surface area contributed by atoms with E-state index in [9.17, 15) is 25.0 Å². The second-order valence-electron chi connectivity index (χ2n) is 5.35. The van der Waals surface area contributed by atoms with Crippen LogP contribution < -0.4 is 5.32 Å². The molecule has 1 heterocycles. The van der Waals surface area contributed by atoms with E-state index in [0.29, 0.717) is 11.3 Å². The number of amides is 1. The fraction of sp³-hybridized carbons (Fsp3) is 0. The van der Waals surface area contributed by atoms with Crippen LogP contribution >= 0.6 is 11.6 Å². The van der Waals surface area contributed by atoms with Crippen molar-refractivity contribution in [2.75, 3.05) is 5.32 Å². The Morgan fingerprint density at radius 3 is 2.56 bits per heavy atom. The third-order valence-corrected chi connectivity index (χ3v) is 3.82. The molecule has 10 nitrogen and oxygen atoms in total. The number of aromatic amines is 1. The van der Waals surface area contributed by atoms with Crippen LogP contribution in [0.4, 0.5) is 17.2 Å². The van der Waals surface area contributed by atoms with E-state index in [2.05, 4.69) is 15.5 Å². The number of nitrogens with zero attached hydrogens (tertiary/aromatic N) is 3. The number of nitro groups is 2. The van der Waals surface area contributed by atoms with Crippen LogP contribution in [0.1, 0.15) is 10.4 Å². The van der Waals surface area contributed by atoms with Crippen LogP contribution in [0.2, 0.25) is 5.02 Å². The standard InChI is InChI=1S/C16H10ClN5O5/c17-10-4-5-12(14(7-10)22(26)27)16(23)18-15-8-13(19-20-15)9-2-1-3-11(6-9)21(24)25/h1-8H,(H2,18,19,20,23). The Morgan fingerprint density at radius 1 is 1.07 bits per heavy atom. The molecular weight excluding hydrogens is 378 g/mol. The molecule has 3 aromatic rings. The van der Waals surface area contributed by atoms with Gasteiger partial charge < -0.3 is 5.32 Å². The minimum atomic E-state index is -0.740. The highest BCUT2D eigenvalue weighted by atomic mass is 35.5. The van der Waals surface area contributed by atoms with E-state index >= 15 is 0 Å². The van der Waals surface area contributed by atoms with Crippen LogP contribution in [0.3, 0.4) is 0 Å². The van der Waals surface area contributed by atoms with Crippen molar-refractivity contribution in [3.8, 4) is 11.3 Å². The molecule has 2 aromatic carbocycles. The van der Waals surface area contributed by atoms with E-state index in [1.54, 1.807) is 6.07 Å². The number of anilines is 1. The van der Waals surface area contributed by atoms with Gasteiger partial charge in [-0.1, -0.05) is 23.7 Å². The zero-order chi connectivity index (χ0) is 19.6. The molecule has 0 atom stereocenters. The van der Waals surface area contributed by atoms with Gasteiger partial charge in [0.15, 0.2) is 5.82 Å². The Labute approximate surface area is 156 Å². The van der Waals surface area contributed by atoms with Gasteiger partial charge in [-0.05, 0) is 12.1 Å². The van der Waals surface area contributed by atoms with Gasteiger partial charge in [-0.3, -0.25) is 30.1 Å². The topological polar surface area (TPSA) is 144 Å². The van der Waals surface area contributed by atoms with Gasteiger partial charge in [-0.15, -0.1) is 0 Å². The molecule has 27 heavy (non-hydrogen) atoms. The first-order chi connectivity index (χ1) is 12.8. The SMILES string of the molecule is O=C(Nc1cc(-c2cccc([N+](=O)[O-])c2)[nH]n1)c1ccc(Cl)cc1[N+](=O)[O-]. The molecule has 2 N–H and O–H groups in total. The van der Waals surface area contributed by atoms with E-state index < -0.39 is 21.4 Å². The number of nitro benzene ring substituents is 2. The summed E-state index contributed by atoms with van der Waals surface area (Å²) in [4.78, 5) is 33.1. The number of carbonyl (C=O) groups excluding carboxylic acids is 1. The molecule has 0 aliphatic heterocycles. The van der Waals surface area contributed by atoms with E-state index in [1.807, 2.05) is 0 Å². The number of carbonyl (C=O) groups is 1. The fourth-order valence-electron chi connectivity index (χ4n) is 2.35. The molecular formula is C16H10ClN5O5. The van der Waals surface area contributed by atoms with Gasteiger partial charge in [0.05, 0.1) is 15.5 Å². The second kappa shape index (κ2) is 7.22. The van der Waals surface area contributed by atoms with Gasteiger partial charge >= 0.3 is 0 Å². The molecule has 0 spiro atoms. The Bertz CT molecular complexity index is 1060. The van der Waals surface area contributed by atoms with E-state index in [-0.39, 0.29) is 22.1 Å². The molecule has 136 valence electrons. The molecule has 0 aliphatic carbocycles. The third kappa shape index (κ3) is 3.90. The summed E-state index contributed by atoms with van der Waals surface area (Å²) in [6, 6.07) is 11.0. The fourth-order valence-corrected chi connectivity index (χ4v) is 2.52. The predicted octanol–water partition coefficient (Wildman–Crippen LogP) is 3.80. The van der Waals surface area contributed by atoms with Crippen molar-refractivity contribution >= 4 is 34.7 Å². The number of non-ortho nitro benzene ring substituents is 1. The van der Waals surface area contributed by atoms with E-state index in [1.165, 1.54) is 36.4 Å². The Morgan fingerprint density at radius 2 is 1.85 bits per heavy atom. The lowest BCUT2D eigenvalue weighted by molar-refractivity contribution is -0.385. The second-order valence-corrected chi connectivity index (χ2v) is 5.78. The minimum Gasteiger partial charge on any atom is -0.305 e. The number of aromatic nitrogens is 2. The van der Waals surface area contributed by atoms with Crippen molar-refractivity contribution < 1.29 is 14.6 Å². The first-order valence-corrected chi connectivity index (χ1v) is 7.78. The van der Waals surface area contributed by atoms with Gasteiger partial charge in [0.1, 0.15) is 5.56 Å². The minimum absolute atomic E-state index is 0.0931. The van der Waals surface area contributed by atoms with Gasteiger partial charge in [-0.2, -0.15) is 5.10 Å². The summed E-state index contributed by atoms with van der Waals surface area (Å²) in [5.74, 6) is -0.638. The zero-order valence-electron chi connectivity index (χ0n) is 13.4. The molecule has 1 aromatic heterocycles. The number of nitrogens with one attached hydrogen (secondary N) is 2. The average Bonchev–Trinajstić information content (AvgIpc) is 3.10. The first kappa shape index (κ1) is 18.0. The lowest BCUT2D eigenvalue weighted by atomic mass is 10.1. The van der Waals surface area contributed by atoms with Crippen LogP contribution in [-0.2, 0) is 0 Å². The van der Waals surface area contributed by atoms with Gasteiger partial charge in [0.25, 0.3) is 17.3 Å². The summed E-state index contributed by atoms with van der Waals surface area (Å²) in [7, 11) is 0. The number of H-pyrrole nitrogens is 1. The van der Waals surface area contributed by atoms with Crippen LogP contribution in [0.15, 0.2) is 48.5 Å². The number of halogens is 1. The monoisotopic (exact) mass is 387 g/mol. The molecule has 1 amide bonds. The lowest BCUT2D eigenvalue weighted by Gasteiger charge is -2.03. The summed E-state index contributed by atoms with van der Waals surface area (Å²) < 4.78 is 0. The van der Waals surface area contributed by atoms with Crippen LogP contribution in [0, 0.1) is 20.2 Å². The molecule has 0 saturated heterocycles. The summed E-state index contributed by atoms with van der Waals surface area (Å²) in [6.07, 6.45) is 0. The first-order valence-electron chi connectivity index (χ1n) is 7.40. The summed E-state index contributed by atoms with van der Waals surface area (Å²) in [5.41, 5.74) is 0.220. The largest absolute Gasteiger partial charge is 0.305 e. The van der Waals surface area contributed by atoms with Crippen molar-refractivity contribution in [3.63, 3.8) is 0 Å². The van der Waals surface area contributed by atoms with Crippen molar-refractivity contribution in [3.05, 3.63) is 79.3 Å². The van der Waals surface area contributed by atoms with E-state index in [0.717, 1.165) is 6.07 Å². The number of rotatable bonds is 5. The molecule has 0 bridgehead atoms. The molecule has 0 saturated carbocycles. The van der Waals surface area contributed by atoms with Crippen molar-refractivity contribution in [1.29, 1.82) is 0 Å². The number of benzene rings is 2. The van der Waals surface area contributed by atoms with E-state index in [4.69, 9.17) is 11.6 Å². The van der Waals surface area contributed by atoms with Gasteiger partial charge in [-0.25, -0.2) is 0 Å². The smallest absolute Gasteiger partial charge is 0.283 e. The predicted molar refractivity (Wildman–Crippen MR) is 96.7 cm³/mol. The highest BCUT2D eigenvalue weighted by Gasteiger charge is 2.21. The Kier molecular flexibility index (Phi) is 4.81. The molecule has 3 rings (SSSR count). The van der Waals surface area contributed by atoms with Crippen molar-refractivity contribution in [1.82, 2.24) is 10.2 Å². The Hall–Kier alpha value is -3.79. The maximum atomic E-state index is 12.3. The quantitative estimate of drug-likeness (QED) is 0.503. The molecule has 11 heteroatoms. The average molecular weight is 388 g/mol. The summed E-state index contributed by atoms with van der Waals surface area (Å²) in [5, 5.41) is 31.1. The molecule has 0 fully saturated rings. The zero-order valence-corrected chi connectivity index (χ0v) is 14.1. The van der Waals surface area contributed by atoms with Gasteiger partial charge in [0, 0.05) is 34.9 Å². The lowest BCUT2D eigenvalue weighted by Crippen LogP contribution is -2.14. The maximum absolute atomic E-state index is 12.3. The molecule has 0 unspecified atom stereocenters. The van der Waals surface area contributed by atoms with Crippen LogP contribution in [0.5, 0.6) is 0 Å². The number of hydrogen-bond donors (Lipinski definition) is 2. The molecule has 0 aliphatic rings. The van der Waals surface area contributed by atoms with Crippen molar-refractivity contribution in [2.24, 2.45) is 0 Å². The summed E-state index contributed by atoms with van der Waals surface area (Å²) >= 11 is 5.73. The Balaban J connectivity index is 1.84. The summed E-state index contributed by atoms with van der Waals surface area (Å²) in [6.45, 7) is 0. The number of hydrogen-bond acceptors (Lipinski definition) is 6. The highest BCUT2D eigenvalue weighted by molar-refractivity contribution is 6.31.